The number of hydrogen-bond donors (Lipinski definition) is 3. The molecule has 0 rings (SSSR count). The van der Waals surface area contributed by atoms with Gasteiger partial charge in [-0.3, -0.25) is 14.4 Å². The van der Waals surface area contributed by atoms with Crippen LogP contribution in [0.1, 0.15) is 32.6 Å². The lowest BCUT2D eigenvalue weighted by Crippen LogP contribution is -2.29. The molecule has 0 aliphatic heterocycles. The Morgan fingerprint density at radius 2 is 1.88 bits per heavy atom. The van der Waals surface area contributed by atoms with Crippen LogP contribution in [0.25, 0.3) is 0 Å². The first-order valence-corrected chi connectivity index (χ1v) is 4.97. The van der Waals surface area contributed by atoms with E-state index in [4.69, 9.17) is 16.2 Å². The van der Waals surface area contributed by atoms with Gasteiger partial charge in [-0.2, -0.15) is 0 Å². The third-order valence-corrected chi connectivity index (χ3v) is 2.08. The maximum atomic E-state index is 11.1. The van der Waals surface area contributed by atoms with Crippen molar-refractivity contribution in [2.24, 2.45) is 5.73 Å². The van der Waals surface area contributed by atoms with Crippen molar-refractivity contribution in [3.63, 3.8) is 0 Å². The molecule has 1 unspecified atom stereocenters. The smallest absolute Gasteiger partial charge is 0.320 e. The van der Waals surface area contributed by atoms with Gasteiger partial charge in [-0.1, -0.05) is 6.42 Å². The number of hydrogen-bond acceptors (Lipinski definition) is 5. The van der Waals surface area contributed by atoms with E-state index in [9.17, 15) is 14.4 Å². The first-order chi connectivity index (χ1) is 7.36. The average molecular weight is 228 g/mol. The number of aliphatic carboxylic acids is 1. The second kappa shape index (κ2) is 6.84. The summed E-state index contributed by atoms with van der Waals surface area (Å²) >= 11 is 0. The van der Waals surface area contributed by atoms with Crippen LogP contribution in [-0.4, -0.2) is 34.4 Å². The molecule has 0 heterocycles. The van der Waals surface area contributed by atoms with Crippen molar-refractivity contribution in [1.29, 1.82) is 5.41 Å². The fourth-order valence-electron chi connectivity index (χ4n) is 1.10. The van der Waals surface area contributed by atoms with Gasteiger partial charge in [-0.05, 0) is 19.8 Å². The normalized spacial score (nSPS) is 11.9. The number of carbonyl (C=O) groups excluding carboxylic acids is 2. The number of unbranched alkanes of at least 4 members (excludes halogenated alkanes) is 1. The average Bonchev–Trinajstić information content (AvgIpc) is 2.22. The molecule has 0 aliphatic rings. The first kappa shape index (κ1) is 14.4. The summed E-state index contributed by atoms with van der Waals surface area (Å²) in [6.45, 7) is 1.26. The number of carboxylic acid groups (broad SMARTS) is 1. The van der Waals surface area contributed by atoms with Gasteiger partial charge in [0.05, 0.1) is 5.71 Å². The molecule has 0 aromatic rings. The largest absolute Gasteiger partial charge is 0.480 e. The van der Waals surface area contributed by atoms with E-state index in [1.165, 1.54) is 6.92 Å². The van der Waals surface area contributed by atoms with E-state index >= 15 is 0 Å². The summed E-state index contributed by atoms with van der Waals surface area (Å²) in [5.41, 5.74) is 4.98. The van der Waals surface area contributed by atoms with E-state index in [1.54, 1.807) is 0 Å². The minimum absolute atomic E-state index is 0.0430. The molecule has 0 bridgehead atoms. The summed E-state index contributed by atoms with van der Waals surface area (Å²) in [5, 5.41) is 15.4. The number of nitrogens with one attached hydrogen (secondary N) is 1. The molecule has 1 atom stereocenters. The zero-order valence-corrected chi connectivity index (χ0v) is 9.16. The summed E-state index contributed by atoms with van der Waals surface area (Å²) < 4.78 is 0. The standard InChI is InChI=1S/C10H16N2O4/c1-6(11)9(14)8(13)5-3-2-4-7(12)10(15)16/h7,11H,2-5,12H2,1H3,(H,15,16). The number of nitrogens with two attached hydrogens (primary N) is 1. The van der Waals surface area contributed by atoms with Crippen molar-refractivity contribution < 1.29 is 19.5 Å². The summed E-state index contributed by atoms with van der Waals surface area (Å²) in [6, 6.07) is -0.921. The second-order valence-corrected chi connectivity index (χ2v) is 3.57. The van der Waals surface area contributed by atoms with Crippen LogP contribution in [0.15, 0.2) is 0 Å². The lowest BCUT2D eigenvalue weighted by molar-refractivity contribution is -0.138. The topological polar surface area (TPSA) is 121 Å². The van der Waals surface area contributed by atoms with Crippen molar-refractivity contribution in [2.75, 3.05) is 0 Å². The molecule has 4 N–H and O–H groups in total. The molecule has 0 radical (unpaired) electrons. The lowest BCUT2D eigenvalue weighted by atomic mass is 10.0. The third kappa shape index (κ3) is 5.35. The number of rotatable bonds is 8. The van der Waals surface area contributed by atoms with Crippen molar-refractivity contribution >= 4 is 23.2 Å². The predicted molar refractivity (Wildman–Crippen MR) is 57.5 cm³/mol. The molecule has 0 spiro atoms. The molecular formula is C10H16N2O4. The van der Waals surface area contributed by atoms with Gasteiger partial charge in [-0.15, -0.1) is 0 Å². The highest BCUT2D eigenvalue weighted by atomic mass is 16.4. The molecule has 16 heavy (non-hydrogen) atoms. The van der Waals surface area contributed by atoms with Crippen LogP contribution in [-0.2, 0) is 14.4 Å². The van der Waals surface area contributed by atoms with Gasteiger partial charge in [-0.25, -0.2) is 0 Å². The molecule has 0 fully saturated rings. The number of carboxylic acids is 1. The van der Waals surface area contributed by atoms with Crippen molar-refractivity contribution in [3.05, 3.63) is 0 Å². The highest BCUT2D eigenvalue weighted by Crippen LogP contribution is 2.04. The molecule has 90 valence electrons. The lowest BCUT2D eigenvalue weighted by Gasteiger charge is -2.04. The molecule has 6 nitrogen and oxygen atoms in total. The van der Waals surface area contributed by atoms with Gasteiger partial charge >= 0.3 is 5.97 Å². The van der Waals surface area contributed by atoms with E-state index in [-0.39, 0.29) is 18.6 Å². The van der Waals surface area contributed by atoms with Crippen LogP contribution in [0.2, 0.25) is 0 Å². The van der Waals surface area contributed by atoms with E-state index in [1.807, 2.05) is 0 Å². The maximum Gasteiger partial charge on any atom is 0.320 e. The van der Waals surface area contributed by atoms with Crippen molar-refractivity contribution in [2.45, 2.75) is 38.6 Å². The van der Waals surface area contributed by atoms with E-state index in [2.05, 4.69) is 0 Å². The fraction of sp³-hybridized carbons (Fsp3) is 0.600. The predicted octanol–water partition coefficient (Wildman–Crippen LogP) is 0.137. The number of carbonyl (C=O) groups is 3. The van der Waals surface area contributed by atoms with Crippen LogP contribution in [0.4, 0.5) is 0 Å². The summed E-state index contributed by atoms with van der Waals surface area (Å²) in [5.74, 6) is -2.45. The SMILES string of the molecule is CC(=N)C(=O)C(=O)CCCCC(N)C(=O)O. The Hall–Kier alpha value is -1.56. The van der Waals surface area contributed by atoms with Gasteiger partial charge in [0.1, 0.15) is 6.04 Å². The highest BCUT2D eigenvalue weighted by molar-refractivity contribution is 6.64. The fourth-order valence-corrected chi connectivity index (χ4v) is 1.10. The molecule has 6 heteroatoms. The van der Waals surface area contributed by atoms with E-state index in [0.717, 1.165) is 0 Å². The van der Waals surface area contributed by atoms with E-state index in [0.29, 0.717) is 12.8 Å². The molecule has 0 aromatic heterocycles. The van der Waals surface area contributed by atoms with Gasteiger partial charge in [0.15, 0.2) is 0 Å². The second-order valence-electron chi connectivity index (χ2n) is 3.57. The maximum absolute atomic E-state index is 11.1. The van der Waals surface area contributed by atoms with E-state index < -0.39 is 23.6 Å². The van der Waals surface area contributed by atoms with Gasteiger partial charge in [0.2, 0.25) is 11.6 Å². The van der Waals surface area contributed by atoms with Crippen LogP contribution in [0, 0.1) is 5.41 Å². The summed E-state index contributed by atoms with van der Waals surface area (Å²) in [7, 11) is 0. The van der Waals surface area contributed by atoms with Crippen LogP contribution in [0.3, 0.4) is 0 Å². The van der Waals surface area contributed by atoms with Gasteiger partial charge < -0.3 is 16.2 Å². The summed E-state index contributed by atoms with van der Waals surface area (Å²) in [4.78, 5) is 32.5. The van der Waals surface area contributed by atoms with Gasteiger partial charge in [0, 0.05) is 6.42 Å². The Balaban J connectivity index is 3.75. The van der Waals surface area contributed by atoms with Crippen LogP contribution < -0.4 is 5.73 Å². The number of ketones is 2. The van der Waals surface area contributed by atoms with Crippen molar-refractivity contribution in [3.8, 4) is 0 Å². The van der Waals surface area contributed by atoms with Crippen LogP contribution in [0.5, 0.6) is 0 Å². The Kier molecular flexibility index (Phi) is 6.17. The zero-order chi connectivity index (χ0) is 12.7. The summed E-state index contributed by atoms with van der Waals surface area (Å²) in [6.07, 6.45) is 1.21. The monoisotopic (exact) mass is 228 g/mol. The molecule has 0 aromatic carbocycles. The minimum Gasteiger partial charge on any atom is -0.480 e. The Morgan fingerprint density at radius 3 is 2.31 bits per heavy atom. The molecule has 0 saturated carbocycles. The molecule has 0 saturated heterocycles. The van der Waals surface area contributed by atoms with Crippen LogP contribution >= 0.6 is 0 Å². The Morgan fingerprint density at radius 1 is 1.31 bits per heavy atom. The molecule has 0 aliphatic carbocycles. The zero-order valence-electron chi connectivity index (χ0n) is 9.16. The molecular weight excluding hydrogens is 212 g/mol. The Labute approximate surface area is 93.3 Å². The highest BCUT2D eigenvalue weighted by Gasteiger charge is 2.16. The number of Topliss-reactive ketones (excluding diaryl/α,β-unsaturated/α-hetero) is 2. The Bertz CT molecular complexity index is 312. The third-order valence-electron chi connectivity index (χ3n) is 2.08. The van der Waals surface area contributed by atoms with Crippen molar-refractivity contribution in [1.82, 2.24) is 0 Å². The first-order valence-electron chi connectivity index (χ1n) is 4.97. The molecule has 0 amide bonds. The van der Waals surface area contributed by atoms with Gasteiger partial charge in [0.25, 0.3) is 0 Å². The minimum atomic E-state index is -1.07. The quantitative estimate of drug-likeness (QED) is 0.310.